The molecule has 0 radical (unpaired) electrons. The molecule has 2 N–H and O–H groups in total. The Morgan fingerprint density at radius 1 is 1.16 bits per heavy atom. The average molecular weight is 413 g/mol. The predicted octanol–water partition coefficient (Wildman–Crippen LogP) is 2.53. The van der Waals surface area contributed by atoms with Crippen molar-refractivity contribution >= 4 is 23.0 Å². The maximum Gasteiger partial charge on any atom is 0.266 e. The van der Waals surface area contributed by atoms with Crippen LogP contribution in [0.25, 0.3) is 22.7 Å². The van der Waals surface area contributed by atoms with Crippen LogP contribution in [-0.4, -0.2) is 34.9 Å². The standard InChI is InChI=1S/C22H19N7O2/c1-13-17(14(2)29-19(24-13)11-21(31)27-29)10-20(30)25-16-6-4-15(5-7-16)18-12-28-9-3-8-23-22(28)26-18/h3-9,11-12H,10H2,1-2H3,(H,25,30)(H,27,31). The van der Waals surface area contributed by atoms with Crippen molar-refractivity contribution < 1.29 is 4.79 Å². The van der Waals surface area contributed by atoms with Crippen LogP contribution in [0.2, 0.25) is 0 Å². The van der Waals surface area contributed by atoms with Gasteiger partial charge in [-0.15, -0.1) is 0 Å². The fourth-order valence-corrected chi connectivity index (χ4v) is 3.67. The molecule has 4 heterocycles. The lowest BCUT2D eigenvalue weighted by Gasteiger charge is -2.12. The van der Waals surface area contributed by atoms with Crippen molar-refractivity contribution in [3.8, 4) is 11.3 Å². The molecule has 5 aromatic rings. The van der Waals surface area contributed by atoms with Crippen molar-refractivity contribution in [1.29, 1.82) is 0 Å². The van der Waals surface area contributed by atoms with Crippen molar-refractivity contribution in [3.63, 3.8) is 0 Å². The first-order valence-electron chi connectivity index (χ1n) is 9.76. The van der Waals surface area contributed by atoms with Gasteiger partial charge in [-0.3, -0.25) is 19.1 Å². The number of hydrogen-bond acceptors (Lipinski definition) is 5. The summed E-state index contributed by atoms with van der Waals surface area (Å²) in [5.41, 5.74) is 5.04. The number of carbonyl (C=O) groups is 1. The number of aromatic nitrogens is 6. The lowest BCUT2D eigenvalue weighted by atomic mass is 10.1. The number of benzene rings is 1. The molecule has 31 heavy (non-hydrogen) atoms. The zero-order valence-corrected chi connectivity index (χ0v) is 17.0. The van der Waals surface area contributed by atoms with Gasteiger partial charge in [0.25, 0.3) is 5.56 Å². The molecular formula is C22H19N7O2. The first-order valence-corrected chi connectivity index (χ1v) is 9.76. The molecule has 1 aromatic carbocycles. The Bertz CT molecular complexity index is 1460. The average Bonchev–Trinajstić information content (AvgIpc) is 3.35. The molecule has 0 atom stereocenters. The molecule has 0 saturated heterocycles. The molecule has 0 saturated carbocycles. The lowest BCUT2D eigenvalue weighted by Crippen LogP contribution is -2.17. The second-order valence-corrected chi connectivity index (χ2v) is 7.33. The Balaban J connectivity index is 1.34. The number of amides is 1. The second-order valence-electron chi connectivity index (χ2n) is 7.33. The number of H-pyrrole nitrogens is 1. The molecule has 0 aliphatic rings. The summed E-state index contributed by atoms with van der Waals surface area (Å²) in [5, 5.41) is 5.62. The molecule has 0 spiro atoms. The molecule has 0 fully saturated rings. The zero-order chi connectivity index (χ0) is 21.5. The number of hydrogen-bond donors (Lipinski definition) is 2. The molecule has 4 aromatic heterocycles. The molecule has 1 amide bonds. The van der Waals surface area contributed by atoms with Crippen molar-refractivity contribution in [2.45, 2.75) is 20.3 Å². The smallest absolute Gasteiger partial charge is 0.266 e. The van der Waals surface area contributed by atoms with Crippen LogP contribution in [0.3, 0.4) is 0 Å². The SMILES string of the molecule is Cc1nc2cc(=O)[nH]n2c(C)c1CC(=O)Nc1ccc(-c2cn3cccnc3n2)cc1. The number of nitrogens with one attached hydrogen (secondary N) is 2. The van der Waals surface area contributed by atoms with Crippen LogP contribution < -0.4 is 10.9 Å². The van der Waals surface area contributed by atoms with E-state index in [4.69, 9.17) is 0 Å². The topological polar surface area (TPSA) is 109 Å². The summed E-state index contributed by atoms with van der Waals surface area (Å²) < 4.78 is 3.47. The largest absolute Gasteiger partial charge is 0.326 e. The van der Waals surface area contributed by atoms with E-state index < -0.39 is 0 Å². The molecule has 154 valence electrons. The summed E-state index contributed by atoms with van der Waals surface area (Å²) in [6, 6.07) is 10.8. The number of fused-ring (bicyclic) bond motifs is 2. The van der Waals surface area contributed by atoms with Gasteiger partial charge in [-0.25, -0.2) is 19.5 Å². The van der Waals surface area contributed by atoms with E-state index in [0.29, 0.717) is 17.1 Å². The van der Waals surface area contributed by atoms with E-state index >= 15 is 0 Å². The van der Waals surface area contributed by atoms with Gasteiger partial charge in [0.05, 0.1) is 12.1 Å². The van der Waals surface area contributed by atoms with Crippen LogP contribution in [0.1, 0.15) is 17.0 Å². The summed E-state index contributed by atoms with van der Waals surface area (Å²) in [6.45, 7) is 3.70. The Kier molecular flexibility index (Phi) is 4.36. The number of anilines is 1. The van der Waals surface area contributed by atoms with Crippen LogP contribution in [-0.2, 0) is 11.2 Å². The summed E-state index contributed by atoms with van der Waals surface area (Å²) in [4.78, 5) is 37.4. The van der Waals surface area contributed by atoms with Gasteiger partial charge < -0.3 is 5.32 Å². The van der Waals surface area contributed by atoms with Crippen LogP contribution in [0, 0.1) is 13.8 Å². The maximum absolute atomic E-state index is 12.7. The van der Waals surface area contributed by atoms with E-state index in [2.05, 4.69) is 25.4 Å². The van der Waals surface area contributed by atoms with E-state index in [9.17, 15) is 9.59 Å². The van der Waals surface area contributed by atoms with Gasteiger partial charge in [0, 0.05) is 52.9 Å². The Morgan fingerprint density at radius 2 is 1.97 bits per heavy atom. The van der Waals surface area contributed by atoms with Crippen molar-refractivity contribution in [2.75, 3.05) is 5.32 Å². The fourth-order valence-electron chi connectivity index (χ4n) is 3.67. The molecule has 0 aliphatic carbocycles. The third-order valence-corrected chi connectivity index (χ3v) is 5.24. The molecule has 9 heteroatoms. The fraction of sp³-hybridized carbons (Fsp3) is 0.136. The quantitative estimate of drug-likeness (QED) is 0.471. The first-order chi connectivity index (χ1) is 15.0. The van der Waals surface area contributed by atoms with E-state index in [0.717, 1.165) is 28.2 Å². The van der Waals surface area contributed by atoms with Gasteiger partial charge in [0.1, 0.15) is 0 Å². The highest BCUT2D eigenvalue weighted by atomic mass is 16.1. The molecular weight excluding hydrogens is 394 g/mol. The number of nitrogens with zero attached hydrogens (tertiary/aromatic N) is 5. The van der Waals surface area contributed by atoms with Crippen molar-refractivity contribution in [3.05, 3.63) is 82.3 Å². The third-order valence-electron chi connectivity index (χ3n) is 5.24. The van der Waals surface area contributed by atoms with Gasteiger partial charge in [-0.05, 0) is 32.0 Å². The maximum atomic E-state index is 12.7. The molecule has 0 unspecified atom stereocenters. The minimum atomic E-state index is -0.224. The minimum Gasteiger partial charge on any atom is -0.326 e. The van der Waals surface area contributed by atoms with E-state index in [1.165, 1.54) is 6.07 Å². The highest BCUT2D eigenvalue weighted by Crippen LogP contribution is 2.21. The van der Waals surface area contributed by atoms with E-state index in [-0.39, 0.29) is 17.9 Å². The monoisotopic (exact) mass is 413 g/mol. The Morgan fingerprint density at radius 3 is 2.74 bits per heavy atom. The van der Waals surface area contributed by atoms with Crippen LogP contribution in [0.15, 0.2) is 59.8 Å². The van der Waals surface area contributed by atoms with Gasteiger partial charge in [-0.2, -0.15) is 0 Å². The molecule has 5 rings (SSSR count). The van der Waals surface area contributed by atoms with Gasteiger partial charge in [-0.1, -0.05) is 12.1 Å². The van der Waals surface area contributed by atoms with Gasteiger partial charge in [0.15, 0.2) is 5.65 Å². The second kappa shape index (κ2) is 7.21. The zero-order valence-electron chi connectivity index (χ0n) is 17.0. The summed E-state index contributed by atoms with van der Waals surface area (Å²) in [6.07, 6.45) is 5.67. The molecule has 0 aliphatic heterocycles. The Labute approximate surface area is 176 Å². The predicted molar refractivity (Wildman–Crippen MR) is 116 cm³/mol. The number of aryl methyl sites for hydroxylation is 2. The summed E-state index contributed by atoms with van der Waals surface area (Å²) >= 11 is 0. The highest BCUT2D eigenvalue weighted by molar-refractivity contribution is 5.92. The molecule has 9 nitrogen and oxygen atoms in total. The normalized spacial score (nSPS) is 11.3. The highest BCUT2D eigenvalue weighted by Gasteiger charge is 2.14. The van der Waals surface area contributed by atoms with Gasteiger partial charge >= 0.3 is 0 Å². The van der Waals surface area contributed by atoms with Crippen LogP contribution >= 0.6 is 0 Å². The minimum absolute atomic E-state index is 0.153. The number of rotatable bonds is 4. The third kappa shape index (κ3) is 3.46. The number of imidazole rings is 1. The Hall–Kier alpha value is -4.27. The summed E-state index contributed by atoms with van der Waals surface area (Å²) in [7, 11) is 0. The van der Waals surface area contributed by atoms with Gasteiger partial charge in [0.2, 0.25) is 11.7 Å². The van der Waals surface area contributed by atoms with E-state index in [1.54, 1.807) is 10.7 Å². The van der Waals surface area contributed by atoms with Crippen LogP contribution in [0.4, 0.5) is 5.69 Å². The number of aromatic amines is 1. The lowest BCUT2D eigenvalue weighted by molar-refractivity contribution is -0.115. The molecule has 0 bridgehead atoms. The van der Waals surface area contributed by atoms with Crippen molar-refractivity contribution in [2.24, 2.45) is 0 Å². The number of carbonyl (C=O) groups excluding carboxylic acids is 1. The summed E-state index contributed by atoms with van der Waals surface area (Å²) in [5.74, 6) is 0.474. The van der Waals surface area contributed by atoms with Crippen molar-refractivity contribution in [1.82, 2.24) is 29.0 Å². The first kappa shape index (κ1) is 18.7. The van der Waals surface area contributed by atoms with E-state index in [1.807, 2.05) is 61.0 Å². The van der Waals surface area contributed by atoms with Crippen LogP contribution in [0.5, 0.6) is 0 Å².